The van der Waals surface area contributed by atoms with E-state index in [-0.39, 0.29) is 11.6 Å². The summed E-state index contributed by atoms with van der Waals surface area (Å²) >= 11 is 0. The first-order valence-corrected chi connectivity index (χ1v) is 10.3. The van der Waals surface area contributed by atoms with Gasteiger partial charge in [-0.2, -0.15) is 5.10 Å². The maximum absolute atomic E-state index is 11.0. The molecule has 4 N–H and O–H groups in total. The topological polar surface area (TPSA) is 112 Å². The van der Waals surface area contributed by atoms with Gasteiger partial charge in [0.2, 0.25) is 5.88 Å². The van der Waals surface area contributed by atoms with Crippen molar-refractivity contribution in [1.29, 1.82) is 0 Å². The molecular weight excluding hydrogens is 404 g/mol. The second-order valence-electron chi connectivity index (χ2n) is 7.95. The van der Waals surface area contributed by atoms with Gasteiger partial charge < -0.3 is 20.5 Å². The van der Waals surface area contributed by atoms with Gasteiger partial charge in [0, 0.05) is 37.5 Å². The first-order valence-electron chi connectivity index (χ1n) is 10.3. The molecule has 0 radical (unpaired) electrons. The molecule has 0 spiro atoms. The Kier molecular flexibility index (Phi) is 4.02. The summed E-state index contributed by atoms with van der Waals surface area (Å²) in [4.78, 5) is 12.0. The zero-order chi connectivity index (χ0) is 21.8. The van der Waals surface area contributed by atoms with Crippen LogP contribution in [0.5, 0.6) is 11.6 Å². The molecule has 0 saturated heterocycles. The number of aromatic hydroxyl groups is 2. The van der Waals surface area contributed by atoms with E-state index in [1.54, 1.807) is 30.1 Å². The summed E-state index contributed by atoms with van der Waals surface area (Å²) in [6.07, 6.45) is 1.54. The highest BCUT2D eigenvalue weighted by Gasteiger charge is 2.22. The predicted molar refractivity (Wildman–Crippen MR) is 121 cm³/mol. The lowest BCUT2D eigenvalue weighted by Crippen LogP contribution is -1.99. The SMILES string of the molecule is Cn1nc(-c2ccc(-c3cccnc3O)cc2)c(O)c1-c1nc2cc3c(cc2[nH]1)CNC3. The van der Waals surface area contributed by atoms with Crippen LogP contribution in [0.25, 0.3) is 44.9 Å². The lowest BCUT2D eigenvalue weighted by Gasteiger charge is -2.04. The minimum absolute atomic E-state index is 0.0186. The number of nitrogens with one attached hydrogen (secondary N) is 2. The van der Waals surface area contributed by atoms with Gasteiger partial charge in [0.15, 0.2) is 11.6 Å². The number of H-pyrrole nitrogens is 1. The molecule has 32 heavy (non-hydrogen) atoms. The summed E-state index contributed by atoms with van der Waals surface area (Å²) in [5.41, 5.74) is 7.56. The van der Waals surface area contributed by atoms with Crippen molar-refractivity contribution >= 4 is 11.0 Å². The number of aryl methyl sites for hydroxylation is 1. The number of aromatic nitrogens is 5. The predicted octanol–water partition coefficient (Wildman–Crippen LogP) is 3.71. The lowest BCUT2D eigenvalue weighted by molar-refractivity contribution is 0.455. The summed E-state index contributed by atoms with van der Waals surface area (Å²) < 4.78 is 1.64. The minimum Gasteiger partial charge on any atom is -0.504 e. The van der Waals surface area contributed by atoms with Crippen LogP contribution in [0, 0.1) is 0 Å². The highest BCUT2D eigenvalue weighted by atomic mass is 16.3. The molecule has 5 aromatic rings. The fourth-order valence-electron chi connectivity index (χ4n) is 4.32. The summed E-state index contributed by atoms with van der Waals surface area (Å²) in [7, 11) is 1.79. The Morgan fingerprint density at radius 3 is 2.50 bits per heavy atom. The quantitative estimate of drug-likeness (QED) is 0.351. The Balaban J connectivity index is 1.39. The third-order valence-electron chi connectivity index (χ3n) is 5.94. The summed E-state index contributed by atoms with van der Waals surface area (Å²) in [5, 5.41) is 28.9. The lowest BCUT2D eigenvalue weighted by atomic mass is 10.0. The molecule has 2 aromatic carbocycles. The number of aromatic amines is 1. The standard InChI is InChI=1S/C24H20N6O2/c1-30-21(23-27-18-9-15-11-25-12-16(15)10-19(18)28-23)22(31)20(29-30)14-6-4-13(5-7-14)17-3-2-8-26-24(17)32/h2-10,25,31H,11-12H2,1H3,(H,26,32)(H,27,28). The summed E-state index contributed by atoms with van der Waals surface area (Å²) in [5.74, 6) is 0.625. The largest absolute Gasteiger partial charge is 0.504 e. The number of rotatable bonds is 3. The Labute approximate surface area is 183 Å². The van der Waals surface area contributed by atoms with E-state index in [0.29, 0.717) is 22.8 Å². The van der Waals surface area contributed by atoms with Crippen molar-refractivity contribution in [2.75, 3.05) is 0 Å². The molecule has 3 aromatic heterocycles. The second-order valence-corrected chi connectivity index (χ2v) is 7.95. The average molecular weight is 424 g/mol. The zero-order valence-corrected chi connectivity index (χ0v) is 17.3. The van der Waals surface area contributed by atoms with Crippen molar-refractivity contribution in [1.82, 2.24) is 30.0 Å². The fraction of sp³-hybridized carbons (Fsp3) is 0.125. The molecule has 1 aliphatic heterocycles. The van der Waals surface area contributed by atoms with Gasteiger partial charge >= 0.3 is 0 Å². The van der Waals surface area contributed by atoms with Crippen molar-refractivity contribution in [3.8, 4) is 45.5 Å². The molecule has 0 bridgehead atoms. The molecule has 0 saturated carbocycles. The van der Waals surface area contributed by atoms with Gasteiger partial charge in [0.05, 0.1) is 11.0 Å². The third kappa shape index (κ3) is 2.84. The summed E-state index contributed by atoms with van der Waals surface area (Å²) in [6, 6.07) is 15.3. The number of benzene rings is 2. The van der Waals surface area contributed by atoms with E-state index in [1.807, 2.05) is 24.3 Å². The molecule has 0 unspecified atom stereocenters. The molecule has 0 atom stereocenters. The second kappa shape index (κ2) is 6.93. The van der Waals surface area contributed by atoms with Crippen LogP contribution in [0.3, 0.4) is 0 Å². The van der Waals surface area contributed by atoms with E-state index >= 15 is 0 Å². The van der Waals surface area contributed by atoms with E-state index in [0.717, 1.165) is 35.2 Å². The maximum Gasteiger partial charge on any atom is 0.218 e. The summed E-state index contributed by atoms with van der Waals surface area (Å²) in [6.45, 7) is 1.70. The van der Waals surface area contributed by atoms with Crippen LogP contribution in [0.1, 0.15) is 11.1 Å². The van der Waals surface area contributed by atoms with Gasteiger partial charge in [-0.3, -0.25) is 4.68 Å². The number of hydrogen-bond donors (Lipinski definition) is 4. The van der Waals surface area contributed by atoms with Crippen LogP contribution >= 0.6 is 0 Å². The number of pyridine rings is 1. The van der Waals surface area contributed by atoms with Gasteiger partial charge in [-0.25, -0.2) is 9.97 Å². The van der Waals surface area contributed by atoms with Crippen LogP contribution in [-0.4, -0.2) is 34.9 Å². The number of nitrogens with zero attached hydrogens (tertiary/aromatic N) is 4. The van der Waals surface area contributed by atoms with Crippen LogP contribution in [0.4, 0.5) is 0 Å². The highest BCUT2D eigenvalue weighted by Crippen LogP contribution is 2.38. The van der Waals surface area contributed by atoms with E-state index in [9.17, 15) is 10.2 Å². The van der Waals surface area contributed by atoms with Crippen molar-refractivity contribution in [3.05, 3.63) is 65.9 Å². The normalized spacial score (nSPS) is 13.0. The Hall–Kier alpha value is -4.17. The molecule has 8 heteroatoms. The average Bonchev–Trinajstić information content (AvgIpc) is 3.49. The van der Waals surface area contributed by atoms with Crippen LogP contribution in [0.15, 0.2) is 54.7 Å². The Bertz CT molecular complexity index is 1440. The third-order valence-corrected chi connectivity index (χ3v) is 5.94. The minimum atomic E-state index is -0.0186. The number of fused-ring (bicyclic) bond motifs is 2. The van der Waals surface area contributed by atoms with Gasteiger partial charge in [0.1, 0.15) is 11.4 Å². The molecule has 6 rings (SSSR count). The van der Waals surface area contributed by atoms with Crippen molar-refractivity contribution < 1.29 is 10.2 Å². The molecule has 4 heterocycles. The van der Waals surface area contributed by atoms with Gasteiger partial charge in [-0.15, -0.1) is 0 Å². The highest BCUT2D eigenvalue weighted by molar-refractivity contribution is 5.84. The molecule has 0 aliphatic carbocycles. The van der Waals surface area contributed by atoms with Gasteiger partial charge in [0.25, 0.3) is 0 Å². The number of imidazole rings is 1. The first-order chi connectivity index (χ1) is 15.6. The molecule has 0 amide bonds. The van der Waals surface area contributed by atoms with E-state index < -0.39 is 0 Å². The smallest absolute Gasteiger partial charge is 0.218 e. The number of hydrogen-bond acceptors (Lipinski definition) is 6. The zero-order valence-electron chi connectivity index (χ0n) is 17.3. The van der Waals surface area contributed by atoms with E-state index in [2.05, 4.69) is 32.5 Å². The van der Waals surface area contributed by atoms with Crippen molar-refractivity contribution in [3.63, 3.8) is 0 Å². The molecule has 8 nitrogen and oxygen atoms in total. The van der Waals surface area contributed by atoms with Crippen LogP contribution < -0.4 is 5.32 Å². The van der Waals surface area contributed by atoms with Crippen molar-refractivity contribution in [2.24, 2.45) is 7.05 Å². The Morgan fingerprint density at radius 2 is 1.72 bits per heavy atom. The van der Waals surface area contributed by atoms with E-state index in [4.69, 9.17) is 4.98 Å². The molecule has 158 valence electrons. The molecular formula is C24H20N6O2. The van der Waals surface area contributed by atoms with Crippen molar-refractivity contribution in [2.45, 2.75) is 13.1 Å². The monoisotopic (exact) mass is 424 g/mol. The van der Waals surface area contributed by atoms with Crippen LogP contribution in [0.2, 0.25) is 0 Å². The maximum atomic E-state index is 11.0. The van der Waals surface area contributed by atoms with Crippen LogP contribution in [-0.2, 0) is 20.1 Å². The Morgan fingerprint density at radius 1 is 0.969 bits per heavy atom. The first kappa shape index (κ1) is 18.6. The fourth-order valence-corrected chi connectivity index (χ4v) is 4.32. The molecule has 0 fully saturated rings. The van der Waals surface area contributed by atoms with E-state index in [1.165, 1.54) is 11.1 Å². The van der Waals surface area contributed by atoms with Gasteiger partial charge in [-0.1, -0.05) is 24.3 Å². The van der Waals surface area contributed by atoms with Gasteiger partial charge in [-0.05, 0) is 41.0 Å². The molecule has 1 aliphatic rings.